The number of furan rings is 1. The van der Waals surface area contributed by atoms with Crippen molar-refractivity contribution in [3.8, 4) is 11.5 Å². The van der Waals surface area contributed by atoms with Gasteiger partial charge in [-0.25, -0.2) is 9.59 Å². The molecule has 2 unspecified atom stereocenters. The van der Waals surface area contributed by atoms with Gasteiger partial charge in [-0.3, -0.25) is 4.90 Å². The van der Waals surface area contributed by atoms with Gasteiger partial charge in [0.25, 0.3) is 0 Å². The summed E-state index contributed by atoms with van der Waals surface area (Å²) in [7, 11) is 0. The number of carboxylic acid groups (broad SMARTS) is 2. The average molecular weight is 462 g/mol. The van der Waals surface area contributed by atoms with E-state index in [1.165, 1.54) is 19.3 Å². The molecular weight excluding hydrogens is 430 g/mol. The SMILES string of the molecule is CC1CCCCN1CC(O)COc1ccccc1OCc1ccco1.O=C(O)/C=C/C(=O)O. The number of β-amino-alcohol motifs (C(OH)–C–C–N with tert-alkyl or cyclic N) is 1. The number of aliphatic hydroxyl groups excluding tert-OH is 1. The molecule has 2 aromatic rings. The van der Waals surface area contributed by atoms with Gasteiger partial charge in [-0.2, -0.15) is 0 Å². The zero-order chi connectivity index (χ0) is 24.1. The summed E-state index contributed by atoms with van der Waals surface area (Å²) in [6.07, 6.45) is 5.92. The second-order valence-corrected chi connectivity index (χ2v) is 7.63. The molecule has 9 heteroatoms. The molecule has 0 radical (unpaired) electrons. The van der Waals surface area contributed by atoms with Gasteiger partial charge in [-0.15, -0.1) is 0 Å². The molecule has 1 aromatic heterocycles. The van der Waals surface area contributed by atoms with Crippen molar-refractivity contribution in [3.05, 3.63) is 60.6 Å². The molecule has 2 atom stereocenters. The molecule has 180 valence electrons. The van der Waals surface area contributed by atoms with E-state index in [1.54, 1.807) is 6.26 Å². The third kappa shape index (κ3) is 10.2. The number of carboxylic acids is 2. The third-order valence-electron chi connectivity index (χ3n) is 4.98. The topological polar surface area (TPSA) is 130 Å². The van der Waals surface area contributed by atoms with Crippen molar-refractivity contribution < 1.29 is 38.8 Å². The molecule has 0 bridgehead atoms. The van der Waals surface area contributed by atoms with E-state index in [0.717, 1.165) is 12.3 Å². The molecule has 1 saturated heterocycles. The number of ether oxygens (including phenoxy) is 2. The number of carbonyl (C=O) groups is 2. The smallest absolute Gasteiger partial charge is 0.328 e. The summed E-state index contributed by atoms with van der Waals surface area (Å²) < 4.78 is 16.9. The van der Waals surface area contributed by atoms with Crippen LogP contribution in [0.15, 0.2) is 59.2 Å². The standard InChI is InChI=1S/C20H27NO4.C4H4O4/c1-16-7-4-5-11-21(16)13-17(22)14-24-19-9-2-3-10-20(19)25-15-18-8-6-12-23-18;5-3(6)1-2-4(7)8/h2-3,6,8-10,12,16-17,22H,4-5,7,11,13-15H2,1H3;1-2H,(H,5,6)(H,7,8)/b;2-1+. The monoisotopic (exact) mass is 461 g/mol. The zero-order valence-corrected chi connectivity index (χ0v) is 18.6. The molecule has 1 aliphatic rings. The van der Waals surface area contributed by atoms with Crippen LogP contribution in [0.4, 0.5) is 0 Å². The fraction of sp³-hybridized carbons (Fsp3) is 0.417. The number of benzene rings is 1. The van der Waals surface area contributed by atoms with E-state index in [9.17, 15) is 14.7 Å². The molecule has 1 aromatic carbocycles. The van der Waals surface area contributed by atoms with Gasteiger partial charge >= 0.3 is 11.9 Å². The minimum atomic E-state index is -1.26. The predicted octanol–water partition coefficient (Wildman–Crippen LogP) is 3.18. The van der Waals surface area contributed by atoms with Crippen molar-refractivity contribution >= 4 is 11.9 Å². The number of hydrogen-bond acceptors (Lipinski definition) is 7. The average Bonchev–Trinajstić information content (AvgIpc) is 3.31. The summed E-state index contributed by atoms with van der Waals surface area (Å²) in [5, 5.41) is 26.0. The van der Waals surface area contributed by atoms with Gasteiger partial charge < -0.3 is 29.2 Å². The van der Waals surface area contributed by atoms with Crippen LogP contribution < -0.4 is 9.47 Å². The lowest BCUT2D eigenvalue weighted by molar-refractivity contribution is -0.134. The minimum Gasteiger partial charge on any atom is -0.487 e. The highest BCUT2D eigenvalue weighted by molar-refractivity contribution is 5.89. The molecule has 0 spiro atoms. The second kappa shape index (κ2) is 14.0. The lowest BCUT2D eigenvalue weighted by Crippen LogP contribution is -2.43. The largest absolute Gasteiger partial charge is 0.487 e. The summed E-state index contributed by atoms with van der Waals surface area (Å²) >= 11 is 0. The minimum absolute atomic E-state index is 0.254. The number of aliphatic hydroxyl groups is 1. The van der Waals surface area contributed by atoms with Crippen molar-refractivity contribution in [3.63, 3.8) is 0 Å². The van der Waals surface area contributed by atoms with Crippen molar-refractivity contribution in [2.75, 3.05) is 19.7 Å². The fourth-order valence-electron chi connectivity index (χ4n) is 3.31. The summed E-state index contributed by atoms with van der Waals surface area (Å²) in [5.74, 6) is -0.467. The highest BCUT2D eigenvalue weighted by atomic mass is 16.5. The summed E-state index contributed by atoms with van der Waals surface area (Å²) in [6.45, 7) is 4.54. The van der Waals surface area contributed by atoms with Crippen LogP contribution in [0, 0.1) is 0 Å². The number of piperidine rings is 1. The van der Waals surface area contributed by atoms with Gasteiger partial charge in [-0.1, -0.05) is 18.6 Å². The molecule has 0 aliphatic carbocycles. The molecule has 33 heavy (non-hydrogen) atoms. The Bertz CT molecular complexity index is 864. The number of likely N-dealkylation sites (tertiary alicyclic amines) is 1. The summed E-state index contributed by atoms with van der Waals surface area (Å²) in [5.41, 5.74) is 0. The van der Waals surface area contributed by atoms with Crippen molar-refractivity contribution in [1.82, 2.24) is 4.90 Å². The Morgan fingerprint density at radius 1 is 1.09 bits per heavy atom. The van der Waals surface area contributed by atoms with E-state index >= 15 is 0 Å². The maximum absolute atomic E-state index is 10.3. The molecule has 3 rings (SSSR count). The molecule has 2 heterocycles. The Kier molecular flexibility index (Phi) is 11.0. The van der Waals surface area contributed by atoms with Crippen LogP contribution in [0.25, 0.3) is 0 Å². The van der Waals surface area contributed by atoms with Crippen molar-refractivity contribution in [2.45, 2.75) is 44.9 Å². The maximum atomic E-state index is 10.3. The van der Waals surface area contributed by atoms with Crippen LogP contribution in [0.1, 0.15) is 31.9 Å². The molecule has 1 fully saturated rings. The van der Waals surface area contributed by atoms with Crippen LogP contribution in [-0.2, 0) is 16.2 Å². The van der Waals surface area contributed by atoms with Crippen LogP contribution in [0.2, 0.25) is 0 Å². The van der Waals surface area contributed by atoms with Gasteiger partial charge in [0.15, 0.2) is 11.5 Å². The van der Waals surface area contributed by atoms with Crippen LogP contribution in [-0.4, -0.2) is 64.0 Å². The summed E-state index contributed by atoms with van der Waals surface area (Å²) in [6, 6.07) is 11.7. The molecule has 1 aliphatic heterocycles. The Labute approximate surface area is 192 Å². The van der Waals surface area contributed by atoms with Crippen LogP contribution in [0.5, 0.6) is 11.5 Å². The van der Waals surface area contributed by atoms with Crippen molar-refractivity contribution in [1.29, 1.82) is 0 Å². The number of aliphatic carboxylic acids is 2. The van der Waals surface area contributed by atoms with E-state index in [-0.39, 0.29) is 6.61 Å². The number of rotatable bonds is 10. The van der Waals surface area contributed by atoms with E-state index in [0.29, 0.717) is 42.8 Å². The number of para-hydroxylation sites is 2. The zero-order valence-electron chi connectivity index (χ0n) is 18.6. The maximum Gasteiger partial charge on any atom is 0.328 e. The first-order chi connectivity index (χ1) is 15.8. The van der Waals surface area contributed by atoms with E-state index in [2.05, 4.69) is 11.8 Å². The van der Waals surface area contributed by atoms with Crippen molar-refractivity contribution in [2.24, 2.45) is 0 Å². The highest BCUT2D eigenvalue weighted by Gasteiger charge is 2.21. The first kappa shape index (κ1) is 26.0. The number of nitrogens with zero attached hydrogens (tertiary/aromatic N) is 1. The third-order valence-corrected chi connectivity index (χ3v) is 4.98. The highest BCUT2D eigenvalue weighted by Crippen LogP contribution is 2.27. The second-order valence-electron chi connectivity index (χ2n) is 7.63. The Hall–Kier alpha value is -3.30. The Morgan fingerprint density at radius 2 is 1.76 bits per heavy atom. The quantitative estimate of drug-likeness (QED) is 0.457. The van der Waals surface area contributed by atoms with E-state index < -0.39 is 18.0 Å². The van der Waals surface area contributed by atoms with Gasteiger partial charge in [-0.05, 0) is 50.6 Å². The lowest BCUT2D eigenvalue weighted by atomic mass is 10.0. The Morgan fingerprint density at radius 3 is 2.33 bits per heavy atom. The number of hydrogen-bond donors (Lipinski definition) is 3. The van der Waals surface area contributed by atoms with Gasteiger partial charge in [0.2, 0.25) is 0 Å². The van der Waals surface area contributed by atoms with Gasteiger partial charge in [0.05, 0.1) is 6.26 Å². The lowest BCUT2D eigenvalue weighted by Gasteiger charge is -2.34. The van der Waals surface area contributed by atoms with Gasteiger partial charge in [0.1, 0.15) is 25.1 Å². The fourth-order valence-corrected chi connectivity index (χ4v) is 3.31. The summed E-state index contributed by atoms with van der Waals surface area (Å²) in [4.78, 5) is 21.5. The Balaban J connectivity index is 0.000000414. The molecule has 9 nitrogen and oxygen atoms in total. The van der Waals surface area contributed by atoms with Crippen LogP contribution >= 0.6 is 0 Å². The molecular formula is C24H31NO8. The van der Waals surface area contributed by atoms with E-state index in [1.807, 2.05) is 36.4 Å². The molecule has 3 N–H and O–H groups in total. The normalized spacial score (nSPS) is 17.1. The molecule has 0 saturated carbocycles. The predicted molar refractivity (Wildman–Crippen MR) is 120 cm³/mol. The van der Waals surface area contributed by atoms with Crippen LogP contribution in [0.3, 0.4) is 0 Å². The first-order valence-electron chi connectivity index (χ1n) is 10.8. The van der Waals surface area contributed by atoms with E-state index in [4.69, 9.17) is 24.1 Å². The molecule has 0 amide bonds. The first-order valence-corrected chi connectivity index (χ1v) is 10.8. The van der Waals surface area contributed by atoms with Gasteiger partial charge in [0, 0.05) is 24.7 Å².